The number of nitrogens with zero attached hydrogens (tertiary/aromatic N) is 1. The van der Waals surface area contributed by atoms with Gasteiger partial charge in [0.1, 0.15) is 5.01 Å². The molecule has 1 aromatic heterocycles. The van der Waals surface area contributed by atoms with Crippen LogP contribution < -0.4 is 5.32 Å². The third kappa shape index (κ3) is 1.63. The maximum Gasteiger partial charge on any atom is 0.188 e. The second-order valence-corrected chi connectivity index (χ2v) is 3.93. The number of rotatable bonds is 2. The Balaban J connectivity index is 2.31. The molecule has 0 atom stereocenters. The molecule has 0 saturated carbocycles. The number of aromatic nitrogens is 1. The Morgan fingerprint density at radius 2 is 2.46 bits per heavy atom. The number of Topliss-reactive ketones (excluding diaryl/α,β-unsaturated/α-hetero) is 1. The van der Waals surface area contributed by atoms with Crippen molar-refractivity contribution in [3.05, 3.63) is 15.6 Å². The predicted molar refractivity (Wildman–Crippen MR) is 48.9 cm³/mol. The van der Waals surface area contributed by atoms with Crippen LogP contribution in [0, 0.1) is 0 Å². The summed E-state index contributed by atoms with van der Waals surface area (Å²) in [7, 11) is 1.63. The van der Waals surface area contributed by atoms with Gasteiger partial charge in [0.05, 0.1) is 23.7 Å². The maximum atomic E-state index is 11.4. The number of nitrogens with one attached hydrogen (secondary N) is 1. The van der Waals surface area contributed by atoms with Crippen LogP contribution in [-0.4, -0.2) is 24.4 Å². The van der Waals surface area contributed by atoms with Crippen LogP contribution in [0.1, 0.15) is 20.4 Å². The lowest BCUT2D eigenvalue weighted by Crippen LogP contribution is -2.28. The fourth-order valence-electron chi connectivity index (χ4n) is 1.30. The van der Waals surface area contributed by atoms with Gasteiger partial charge in [0.25, 0.3) is 0 Å². The summed E-state index contributed by atoms with van der Waals surface area (Å²) in [5, 5.41) is 3.88. The molecule has 0 fully saturated rings. The highest BCUT2D eigenvalue weighted by molar-refractivity contribution is 7.13. The van der Waals surface area contributed by atoms with E-state index in [4.69, 9.17) is 4.74 Å². The first-order chi connectivity index (χ1) is 6.31. The number of ether oxygens (including phenoxy) is 1. The smallest absolute Gasteiger partial charge is 0.188 e. The molecule has 0 bridgehead atoms. The number of ketones is 1. The van der Waals surface area contributed by atoms with Gasteiger partial charge in [-0.15, -0.1) is 11.3 Å². The lowest BCUT2D eigenvalue weighted by atomic mass is 10.2. The Labute approximate surface area is 79.9 Å². The van der Waals surface area contributed by atoms with E-state index < -0.39 is 0 Å². The van der Waals surface area contributed by atoms with E-state index in [2.05, 4.69) is 10.3 Å². The van der Waals surface area contributed by atoms with E-state index >= 15 is 0 Å². The van der Waals surface area contributed by atoms with Crippen molar-refractivity contribution >= 4 is 17.1 Å². The molecule has 2 rings (SSSR count). The zero-order valence-electron chi connectivity index (χ0n) is 7.29. The second kappa shape index (κ2) is 3.53. The Morgan fingerprint density at radius 3 is 3.15 bits per heavy atom. The number of hydrogen-bond donors (Lipinski definition) is 1. The summed E-state index contributed by atoms with van der Waals surface area (Å²) >= 11 is 1.44. The molecule has 0 unspecified atom stereocenters. The summed E-state index contributed by atoms with van der Waals surface area (Å²) < 4.78 is 4.96. The molecule has 0 saturated heterocycles. The number of methoxy groups -OCH3 is 1. The molecule has 13 heavy (non-hydrogen) atoms. The third-order valence-corrected chi connectivity index (χ3v) is 2.95. The van der Waals surface area contributed by atoms with Crippen LogP contribution in [0.15, 0.2) is 0 Å². The van der Waals surface area contributed by atoms with Gasteiger partial charge in [-0.25, -0.2) is 4.98 Å². The molecule has 1 N–H and O–H groups in total. The molecule has 5 heteroatoms. The second-order valence-electron chi connectivity index (χ2n) is 2.84. The lowest BCUT2D eigenvalue weighted by Gasteiger charge is -2.08. The number of hydrogen-bond acceptors (Lipinski definition) is 5. The highest BCUT2D eigenvalue weighted by atomic mass is 32.1. The van der Waals surface area contributed by atoms with E-state index in [1.165, 1.54) is 11.3 Å². The molecule has 0 radical (unpaired) electrons. The van der Waals surface area contributed by atoms with E-state index in [1.54, 1.807) is 7.11 Å². The van der Waals surface area contributed by atoms with Crippen molar-refractivity contribution in [1.29, 1.82) is 0 Å². The fraction of sp³-hybridized carbons (Fsp3) is 0.500. The monoisotopic (exact) mass is 198 g/mol. The van der Waals surface area contributed by atoms with Crippen LogP contribution in [-0.2, 0) is 17.9 Å². The number of carbonyl (C=O) groups is 1. The van der Waals surface area contributed by atoms with Crippen LogP contribution in [0.4, 0.5) is 0 Å². The van der Waals surface area contributed by atoms with Gasteiger partial charge < -0.3 is 10.1 Å². The van der Waals surface area contributed by atoms with E-state index in [9.17, 15) is 4.79 Å². The molecule has 2 heterocycles. The van der Waals surface area contributed by atoms with Gasteiger partial charge in [-0.3, -0.25) is 4.79 Å². The zero-order chi connectivity index (χ0) is 9.26. The minimum absolute atomic E-state index is 0.140. The maximum absolute atomic E-state index is 11.4. The highest BCUT2D eigenvalue weighted by Crippen LogP contribution is 2.21. The van der Waals surface area contributed by atoms with Crippen molar-refractivity contribution in [2.24, 2.45) is 0 Å². The Kier molecular flexibility index (Phi) is 2.39. The highest BCUT2D eigenvalue weighted by Gasteiger charge is 2.21. The zero-order valence-corrected chi connectivity index (χ0v) is 8.11. The quantitative estimate of drug-likeness (QED) is 0.755. The topological polar surface area (TPSA) is 51.2 Å². The number of carbonyl (C=O) groups excluding carboxylic acids is 1. The summed E-state index contributed by atoms with van der Waals surface area (Å²) in [5.41, 5.74) is 0.869. The normalized spacial score (nSPS) is 15.9. The minimum Gasteiger partial charge on any atom is -0.378 e. The van der Waals surface area contributed by atoms with E-state index in [0.29, 0.717) is 19.7 Å². The van der Waals surface area contributed by atoms with E-state index in [1.807, 2.05) is 0 Å². The summed E-state index contributed by atoms with van der Waals surface area (Å²) in [4.78, 5) is 16.5. The number of fused-ring (bicyclic) bond motifs is 1. The molecule has 1 aromatic rings. The van der Waals surface area contributed by atoms with Gasteiger partial charge in [-0.1, -0.05) is 0 Å². The lowest BCUT2D eigenvalue weighted by molar-refractivity contribution is 0.0986. The molecule has 4 nitrogen and oxygen atoms in total. The average molecular weight is 198 g/mol. The Hall–Kier alpha value is -0.780. The van der Waals surface area contributed by atoms with Crippen molar-refractivity contribution in [2.75, 3.05) is 13.7 Å². The van der Waals surface area contributed by atoms with Crippen LogP contribution in [0.3, 0.4) is 0 Å². The van der Waals surface area contributed by atoms with Crippen molar-refractivity contribution in [2.45, 2.75) is 13.2 Å². The molecule has 1 aliphatic heterocycles. The summed E-state index contributed by atoms with van der Waals surface area (Å²) in [6, 6.07) is 0. The fourth-order valence-corrected chi connectivity index (χ4v) is 2.29. The molecule has 0 amide bonds. The van der Waals surface area contributed by atoms with Crippen LogP contribution in [0.5, 0.6) is 0 Å². The van der Waals surface area contributed by atoms with Gasteiger partial charge in [0, 0.05) is 13.7 Å². The molecule has 1 aliphatic rings. The van der Waals surface area contributed by atoms with Crippen molar-refractivity contribution in [1.82, 2.24) is 10.3 Å². The van der Waals surface area contributed by atoms with Crippen LogP contribution in [0.2, 0.25) is 0 Å². The van der Waals surface area contributed by atoms with Gasteiger partial charge in [-0.2, -0.15) is 0 Å². The van der Waals surface area contributed by atoms with Crippen LogP contribution in [0.25, 0.3) is 0 Å². The summed E-state index contributed by atoms with van der Waals surface area (Å²) in [6.07, 6.45) is 0. The van der Waals surface area contributed by atoms with Crippen molar-refractivity contribution < 1.29 is 9.53 Å². The Morgan fingerprint density at radius 1 is 1.62 bits per heavy atom. The molecule has 0 spiro atoms. The largest absolute Gasteiger partial charge is 0.378 e. The molecular weight excluding hydrogens is 188 g/mol. The van der Waals surface area contributed by atoms with E-state index in [0.717, 1.165) is 15.6 Å². The first-order valence-electron chi connectivity index (χ1n) is 4.02. The number of thiazole rings is 1. The van der Waals surface area contributed by atoms with Gasteiger partial charge in [0.2, 0.25) is 0 Å². The molecule has 70 valence electrons. The first kappa shape index (κ1) is 8.80. The van der Waals surface area contributed by atoms with Gasteiger partial charge >= 0.3 is 0 Å². The standard InChI is InChI=1S/C8H10N2O2S/c1-12-4-7-10-5-2-9-3-6(11)8(5)13-7/h9H,2-4H2,1H3. The van der Waals surface area contributed by atoms with E-state index in [-0.39, 0.29) is 5.78 Å². The molecule has 0 aromatic carbocycles. The third-order valence-electron chi connectivity index (χ3n) is 1.84. The van der Waals surface area contributed by atoms with Gasteiger partial charge in [0.15, 0.2) is 5.78 Å². The minimum atomic E-state index is 0.140. The molecular formula is C8H10N2O2S. The Bertz CT molecular complexity index is 335. The predicted octanol–water partition coefficient (Wildman–Crippen LogP) is 0.575. The van der Waals surface area contributed by atoms with Crippen molar-refractivity contribution in [3.8, 4) is 0 Å². The SMILES string of the molecule is COCc1nc2c(s1)C(=O)CNC2. The average Bonchev–Trinajstić information content (AvgIpc) is 2.49. The van der Waals surface area contributed by atoms with Gasteiger partial charge in [-0.05, 0) is 0 Å². The summed E-state index contributed by atoms with van der Waals surface area (Å²) in [6.45, 7) is 1.62. The molecule has 0 aliphatic carbocycles. The first-order valence-corrected chi connectivity index (χ1v) is 4.84. The van der Waals surface area contributed by atoms with Crippen molar-refractivity contribution in [3.63, 3.8) is 0 Å². The van der Waals surface area contributed by atoms with Crippen LogP contribution >= 0.6 is 11.3 Å². The summed E-state index contributed by atoms with van der Waals surface area (Å²) in [5.74, 6) is 0.140.